The van der Waals surface area contributed by atoms with Gasteiger partial charge in [-0.25, -0.2) is 9.78 Å². The van der Waals surface area contributed by atoms with Crippen molar-refractivity contribution in [1.29, 1.82) is 0 Å². The number of piperidine rings is 1. The van der Waals surface area contributed by atoms with Crippen LogP contribution in [0.4, 0.5) is 10.5 Å². The molecular formula is C26H30N6O3. The van der Waals surface area contributed by atoms with Crippen LogP contribution in [0.25, 0.3) is 11.4 Å². The maximum Gasteiger partial charge on any atom is 0.319 e. The van der Waals surface area contributed by atoms with Gasteiger partial charge in [0.15, 0.2) is 0 Å². The number of hydrogen-bond donors (Lipinski definition) is 3. The Kier molecular flexibility index (Phi) is 7.54. The van der Waals surface area contributed by atoms with Gasteiger partial charge in [0, 0.05) is 54.5 Å². The number of H-pyrrole nitrogens is 1. The van der Waals surface area contributed by atoms with Crippen LogP contribution in [0.1, 0.15) is 29.7 Å². The molecule has 3 aromatic rings. The molecule has 3 heterocycles. The van der Waals surface area contributed by atoms with Crippen LogP contribution in [0.3, 0.4) is 0 Å². The summed E-state index contributed by atoms with van der Waals surface area (Å²) in [5.74, 6) is 0.482. The molecule has 182 valence electrons. The molecule has 3 N–H and O–H groups in total. The zero-order valence-corrected chi connectivity index (χ0v) is 20.0. The molecule has 1 aliphatic rings. The molecule has 1 fully saturated rings. The molecule has 0 bridgehead atoms. The molecule has 4 rings (SSSR count). The van der Waals surface area contributed by atoms with E-state index in [1.807, 2.05) is 37.3 Å². The van der Waals surface area contributed by atoms with E-state index in [-0.39, 0.29) is 29.8 Å². The molecule has 1 saturated heterocycles. The minimum absolute atomic E-state index is 0.00442. The first kappa shape index (κ1) is 24.1. The molecule has 35 heavy (non-hydrogen) atoms. The highest BCUT2D eigenvalue weighted by atomic mass is 16.2. The average Bonchev–Trinajstić information content (AvgIpc) is 2.87. The van der Waals surface area contributed by atoms with Crippen LogP contribution in [-0.4, -0.2) is 51.4 Å². The summed E-state index contributed by atoms with van der Waals surface area (Å²) in [6.07, 6.45) is 5.06. The van der Waals surface area contributed by atoms with E-state index in [0.29, 0.717) is 42.3 Å². The first-order valence-electron chi connectivity index (χ1n) is 11.8. The molecule has 3 amide bonds. The minimum Gasteiger partial charge on any atom is -0.342 e. The molecule has 0 saturated carbocycles. The van der Waals surface area contributed by atoms with E-state index < -0.39 is 0 Å². The zero-order valence-electron chi connectivity index (χ0n) is 20.0. The van der Waals surface area contributed by atoms with Gasteiger partial charge < -0.3 is 20.5 Å². The fraction of sp³-hybridized carbons (Fsp3) is 0.346. The minimum atomic E-state index is -0.312. The Bertz CT molecular complexity index is 1240. The van der Waals surface area contributed by atoms with Crippen molar-refractivity contribution in [2.45, 2.75) is 33.1 Å². The van der Waals surface area contributed by atoms with Crippen LogP contribution in [0.5, 0.6) is 0 Å². The number of nitrogens with zero attached hydrogens (tertiary/aromatic N) is 3. The number of carbonyl (C=O) groups excluding carboxylic acids is 2. The molecule has 9 nitrogen and oxygen atoms in total. The number of aryl methyl sites for hydroxylation is 2. The lowest BCUT2D eigenvalue weighted by atomic mass is 9.97. The number of benzene rings is 1. The molecule has 0 radical (unpaired) electrons. The molecule has 2 aromatic heterocycles. The van der Waals surface area contributed by atoms with Crippen LogP contribution >= 0.6 is 0 Å². The number of rotatable bonds is 6. The van der Waals surface area contributed by atoms with E-state index >= 15 is 0 Å². The number of nitrogens with one attached hydrogen (secondary N) is 3. The number of anilines is 1. The molecule has 0 spiro atoms. The Labute approximate surface area is 204 Å². The zero-order chi connectivity index (χ0) is 24.8. The monoisotopic (exact) mass is 474 g/mol. The van der Waals surface area contributed by atoms with Crippen LogP contribution in [-0.2, 0) is 11.2 Å². The molecule has 1 unspecified atom stereocenters. The highest BCUT2D eigenvalue weighted by Gasteiger charge is 2.25. The maximum absolute atomic E-state index is 13.0. The summed E-state index contributed by atoms with van der Waals surface area (Å²) in [5.41, 5.74) is 3.16. The summed E-state index contributed by atoms with van der Waals surface area (Å²) in [6, 6.07) is 10.9. The van der Waals surface area contributed by atoms with E-state index in [4.69, 9.17) is 0 Å². The molecule has 1 aromatic carbocycles. The Balaban J connectivity index is 1.32. The van der Waals surface area contributed by atoms with Crippen molar-refractivity contribution in [3.05, 3.63) is 76.0 Å². The largest absolute Gasteiger partial charge is 0.342 e. The Morgan fingerprint density at radius 1 is 1.17 bits per heavy atom. The number of aromatic nitrogens is 3. The summed E-state index contributed by atoms with van der Waals surface area (Å²) in [4.78, 5) is 51.1. The Hall–Kier alpha value is -4.01. The van der Waals surface area contributed by atoms with Gasteiger partial charge in [0.2, 0.25) is 5.91 Å². The first-order valence-corrected chi connectivity index (χ1v) is 11.8. The SMILES string of the molecule is Cc1ccc(NC(=O)NCC2CCCN(C(=O)Cc3c(C)nc(-c4cccnc4)[nH]c3=O)C2)cc1. The summed E-state index contributed by atoms with van der Waals surface area (Å²) in [6.45, 7) is 5.39. The summed E-state index contributed by atoms with van der Waals surface area (Å²) >= 11 is 0. The Morgan fingerprint density at radius 2 is 1.97 bits per heavy atom. The van der Waals surface area contributed by atoms with Gasteiger partial charge in [0.25, 0.3) is 5.56 Å². The number of aromatic amines is 1. The number of likely N-dealkylation sites (tertiary alicyclic amines) is 1. The topological polar surface area (TPSA) is 120 Å². The second-order valence-electron chi connectivity index (χ2n) is 8.95. The highest BCUT2D eigenvalue weighted by molar-refractivity contribution is 5.89. The van der Waals surface area contributed by atoms with Crippen LogP contribution in [0.2, 0.25) is 0 Å². The van der Waals surface area contributed by atoms with E-state index in [0.717, 1.165) is 24.1 Å². The third kappa shape index (κ3) is 6.32. The molecule has 1 atom stereocenters. The van der Waals surface area contributed by atoms with Crippen molar-refractivity contribution in [1.82, 2.24) is 25.2 Å². The van der Waals surface area contributed by atoms with Gasteiger partial charge >= 0.3 is 6.03 Å². The van der Waals surface area contributed by atoms with Gasteiger partial charge in [0.1, 0.15) is 5.82 Å². The lowest BCUT2D eigenvalue weighted by Gasteiger charge is -2.33. The number of urea groups is 1. The number of hydrogen-bond acceptors (Lipinski definition) is 5. The lowest BCUT2D eigenvalue weighted by molar-refractivity contribution is -0.132. The standard InChI is InChI=1S/C26H30N6O3/c1-17-7-9-21(10-8-17)30-26(35)28-14-19-5-4-12-32(16-19)23(33)13-22-18(2)29-24(31-25(22)34)20-6-3-11-27-15-20/h3,6-11,15,19H,4-5,12-14,16H2,1-2H3,(H2,28,30,35)(H,29,31,34). The van der Waals surface area contributed by atoms with Gasteiger partial charge in [-0.3, -0.25) is 14.6 Å². The average molecular weight is 475 g/mol. The predicted octanol–water partition coefficient (Wildman–Crippen LogP) is 3.05. The van der Waals surface area contributed by atoms with Gasteiger partial charge in [-0.1, -0.05) is 17.7 Å². The van der Waals surface area contributed by atoms with Crippen molar-refractivity contribution in [2.24, 2.45) is 5.92 Å². The second kappa shape index (κ2) is 10.9. The fourth-order valence-corrected chi connectivity index (χ4v) is 4.23. The van der Waals surface area contributed by atoms with Gasteiger partial charge in [-0.15, -0.1) is 0 Å². The number of carbonyl (C=O) groups is 2. The molecule has 9 heteroatoms. The number of amides is 3. The van der Waals surface area contributed by atoms with Crippen molar-refractivity contribution in [2.75, 3.05) is 25.0 Å². The van der Waals surface area contributed by atoms with Crippen molar-refractivity contribution >= 4 is 17.6 Å². The Morgan fingerprint density at radius 3 is 2.69 bits per heavy atom. The highest BCUT2D eigenvalue weighted by Crippen LogP contribution is 2.18. The van der Waals surface area contributed by atoms with Gasteiger partial charge in [0.05, 0.1) is 6.42 Å². The van der Waals surface area contributed by atoms with Crippen molar-refractivity contribution in [3.63, 3.8) is 0 Å². The van der Waals surface area contributed by atoms with Crippen molar-refractivity contribution in [3.8, 4) is 11.4 Å². The quantitative estimate of drug-likeness (QED) is 0.507. The van der Waals surface area contributed by atoms with Gasteiger partial charge in [-0.2, -0.15) is 0 Å². The maximum atomic E-state index is 13.0. The normalized spacial score (nSPS) is 15.5. The van der Waals surface area contributed by atoms with Crippen LogP contribution in [0, 0.1) is 19.8 Å². The third-order valence-corrected chi connectivity index (χ3v) is 6.22. The van der Waals surface area contributed by atoms with E-state index in [9.17, 15) is 14.4 Å². The first-order chi connectivity index (χ1) is 16.9. The summed E-state index contributed by atoms with van der Waals surface area (Å²) < 4.78 is 0. The van der Waals surface area contributed by atoms with Crippen LogP contribution in [0.15, 0.2) is 53.6 Å². The molecular weight excluding hydrogens is 444 g/mol. The summed E-state index contributed by atoms with van der Waals surface area (Å²) in [7, 11) is 0. The van der Waals surface area contributed by atoms with E-state index in [1.54, 1.807) is 30.3 Å². The van der Waals surface area contributed by atoms with Crippen molar-refractivity contribution < 1.29 is 9.59 Å². The molecule has 1 aliphatic heterocycles. The second-order valence-corrected chi connectivity index (χ2v) is 8.95. The summed E-state index contributed by atoms with van der Waals surface area (Å²) in [5, 5.41) is 5.73. The van der Waals surface area contributed by atoms with E-state index in [2.05, 4.69) is 25.6 Å². The number of pyridine rings is 1. The lowest BCUT2D eigenvalue weighted by Crippen LogP contribution is -2.45. The fourth-order valence-electron chi connectivity index (χ4n) is 4.23. The van der Waals surface area contributed by atoms with Crippen LogP contribution < -0.4 is 16.2 Å². The third-order valence-electron chi connectivity index (χ3n) is 6.22. The predicted molar refractivity (Wildman–Crippen MR) is 134 cm³/mol. The smallest absolute Gasteiger partial charge is 0.319 e. The van der Waals surface area contributed by atoms with E-state index in [1.165, 1.54) is 0 Å². The molecule has 0 aliphatic carbocycles. The van der Waals surface area contributed by atoms with Gasteiger partial charge in [-0.05, 0) is 56.9 Å².